The molecule has 0 fully saturated rings. The summed E-state index contributed by atoms with van der Waals surface area (Å²) in [4.78, 5) is 35.3. The average molecular weight is 468 g/mol. The van der Waals surface area contributed by atoms with Gasteiger partial charge in [-0.25, -0.2) is 4.79 Å². The lowest BCUT2D eigenvalue weighted by molar-refractivity contribution is -0.123. The number of esters is 1. The van der Waals surface area contributed by atoms with Crippen LogP contribution in [0.5, 0.6) is 5.75 Å². The van der Waals surface area contributed by atoms with Crippen molar-refractivity contribution < 1.29 is 23.9 Å². The van der Waals surface area contributed by atoms with E-state index in [-0.39, 0.29) is 6.61 Å². The Morgan fingerprint density at radius 1 is 1.00 bits per heavy atom. The van der Waals surface area contributed by atoms with E-state index < -0.39 is 17.8 Å². The van der Waals surface area contributed by atoms with Gasteiger partial charge in [0.2, 0.25) is 0 Å². The Hall–Kier alpha value is -2.62. The molecule has 0 unspecified atom stereocenters. The molecule has 0 atom stereocenters. The van der Waals surface area contributed by atoms with E-state index in [4.69, 9.17) is 9.47 Å². The Morgan fingerprint density at radius 3 is 2.35 bits per heavy atom. The normalized spacial score (nSPS) is 9.92. The van der Waals surface area contributed by atoms with Gasteiger partial charge in [0.1, 0.15) is 5.75 Å². The first-order valence-electron chi connectivity index (χ1n) is 7.75. The van der Waals surface area contributed by atoms with Gasteiger partial charge in [0.25, 0.3) is 11.8 Å². The predicted molar refractivity (Wildman–Crippen MR) is 103 cm³/mol. The maximum Gasteiger partial charge on any atom is 0.338 e. The van der Waals surface area contributed by atoms with Crippen LogP contribution in [0.2, 0.25) is 0 Å². The molecule has 26 heavy (non-hydrogen) atoms. The minimum absolute atomic E-state index is 0.287. The molecule has 0 aliphatic carbocycles. The third-order valence-electron chi connectivity index (χ3n) is 3.17. The molecule has 7 nitrogen and oxygen atoms in total. The largest absolute Gasteiger partial charge is 0.484 e. The lowest BCUT2D eigenvalue weighted by atomic mass is 10.2. The van der Waals surface area contributed by atoms with Crippen molar-refractivity contribution in [3.05, 3.63) is 63.2 Å². The number of hydrogen-bond acceptors (Lipinski definition) is 5. The van der Waals surface area contributed by atoms with Crippen molar-refractivity contribution in [3.63, 3.8) is 0 Å². The van der Waals surface area contributed by atoms with Crippen LogP contribution >= 0.6 is 22.6 Å². The first-order chi connectivity index (χ1) is 12.5. The Balaban J connectivity index is 1.79. The SMILES string of the molecule is CCOC(=O)c1ccc(OCC(=O)NNC(=O)c2ccccc2I)cc1. The molecule has 2 N–H and O–H groups in total. The lowest BCUT2D eigenvalue weighted by Crippen LogP contribution is -2.44. The van der Waals surface area contributed by atoms with Crippen LogP contribution in [0, 0.1) is 3.57 Å². The molecule has 0 saturated carbocycles. The molecule has 0 radical (unpaired) electrons. The third kappa shape index (κ3) is 5.73. The van der Waals surface area contributed by atoms with Gasteiger partial charge in [0, 0.05) is 3.57 Å². The van der Waals surface area contributed by atoms with Crippen LogP contribution in [0.25, 0.3) is 0 Å². The fourth-order valence-corrected chi connectivity index (χ4v) is 2.56. The van der Waals surface area contributed by atoms with Crippen LogP contribution in [-0.2, 0) is 9.53 Å². The fourth-order valence-electron chi connectivity index (χ4n) is 1.93. The number of halogens is 1. The van der Waals surface area contributed by atoms with Gasteiger partial charge in [-0.05, 0) is 65.9 Å². The molecule has 2 aromatic rings. The minimum atomic E-state index is -0.515. The monoisotopic (exact) mass is 468 g/mol. The molecule has 0 bridgehead atoms. The number of ether oxygens (including phenoxy) is 2. The summed E-state index contributed by atoms with van der Waals surface area (Å²) in [5.74, 6) is -0.937. The van der Waals surface area contributed by atoms with E-state index in [9.17, 15) is 14.4 Å². The summed E-state index contributed by atoms with van der Waals surface area (Å²) in [5.41, 5.74) is 5.47. The Kier molecular flexibility index (Phi) is 7.39. The summed E-state index contributed by atoms with van der Waals surface area (Å²) in [6, 6.07) is 13.2. The Morgan fingerprint density at radius 2 is 1.69 bits per heavy atom. The number of rotatable bonds is 6. The summed E-state index contributed by atoms with van der Waals surface area (Å²) in [7, 11) is 0. The van der Waals surface area contributed by atoms with E-state index in [1.54, 1.807) is 49.4 Å². The van der Waals surface area contributed by atoms with Crippen LogP contribution < -0.4 is 15.6 Å². The van der Waals surface area contributed by atoms with E-state index in [0.29, 0.717) is 23.5 Å². The summed E-state index contributed by atoms with van der Waals surface area (Å²) in [5, 5.41) is 0. The fraction of sp³-hybridized carbons (Fsp3) is 0.167. The zero-order valence-corrected chi connectivity index (χ0v) is 16.1. The van der Waals surface area contributed by atoms with E-state index in [1.165, 1.54) is 0 Å². The summed E-state index contributed by atoms with van der Waals surface area (Å²) in [6.07, 6.45) is 0. The van der Waals surface area contributed by atoms with E-state index >= 15 is 0 Å². The first kappa shape index (κ1) is 19.7. The van der Waals surface area contributed by atoms with Gasteiger partial charge in [0.15, 0.2) is 6.61 Å². The molecule has 8 heteroatoms. The molecule has 0 aliphatic heterocycles. The number of carbonyl (C=O) groups excluding carboxylic acids is 3. The second-order valence-corrected chi connectivity index (χ2v) is 6.18. The van der Waals surface area contributed by atoms with Crippen LogP contribution in [0.4, 0.5) is 0 Å². The molecule has 2 aromatic carbocycles. The van der Waals surface area contributed by atoms with Crippen molar-refractivity contribution in [2.75, 3.05) is 13.2 Å². The summed E-state index contributed by atoms with van der Waals surface area (Å²) >= 11 is 2.04. The molecule has 2 rings (SSSR count). The number of nitrogens with one attached hydrogen (secondary N) is 2. The molecule has 2 amide bonds. The van der Waals surface area contributed by atoms with Gasteiger partial charge in [-0.1, -0.05) is 12.1 Å². The highest BCUT2D eigenvalue weighted by Gasteiger charge is 2.11. The van der Waals surface area contributed by atoms with Crippen LogP contribution in [0.15, 0.2) is 48.5 Å². The number of amides is 2. The Bertz CT molecular complexity index is 792. The predicted octanol–water partition coefficient (Wildman–Crippen LogP) is 2.31. The molecule has 0 heterocycles. The van der Waals surface area contributed by atoms with Crippen molar-refractivity contribution in [2.24, 2.45) is 0 Å². The number of carbonyl (C=O) groups is 3. The van der Waals surface area contributed by atoms with Crippen molar-refractivity contribution in [3.8, 4) is 5.75 Å². The molecule has 0 spiro atoms. The molecule has 0 aromatic heterocycles. The molecular weight excluding hydrogens is 451 g/mol. The van der Waals surface area contributed by atoms with Crippen molar-refractivity contribution in [1.29, 1.82) is 0 Å². The van der Waals surface area contributed by atoms with Crippen molar-refractivity contribution in [2.45, 2.75) is 6.92 Å². The quantitative estimate of drug-likeness (QED) is 0.386. The first-order valence-corrected chi connectivity index (χ1v) is 8.83. The zero-order chi connectivity index (χ0) is 18.9. The van der Waals surface area contributed by atoms with Gasteiger partial charge >= 0.3 is 5.97 Å². The maximum absolute atomic E-state index is 12.0. The molecule has 0 aliphatic rings. The highest BCUT2D eigenvalue weighted by atomic mass is 127. The number of benzene rings is 2. The van der Waals surface area contributed by atoms with Crippen molar-refractivity contribution >= 4 is 40.4 Å². The average Bonchev–Trinajstić information content (AvgIpc) is 2.65. The highest BCUT2D eigenvalue weighted by Crippen LogP contribution is 2.13. The number of hydrogen-bond donors (Lipinski definition) is 2. The van der Waals surface area contributed by atoms with Crippen LogP contribution in [0.1, 0.15) is 27.6 Å². The minimum Gasteiger partial charge on any atom is -0.484 e. The van der Waals surface area contributed by atoms with Crippen molar-refractivity contribution in [1.82, 2.24) is 10.9 Å². The smallest absolute Gasteiger partial charge is 0.338 e. The van der Waals surface area contributed by atoms with Crippen LogP contribution in [-0.4, -0.2) is 31.0 Å². The van der Waals surface area contributed by atoms with Gasteiger partial charge in [-0.3, -0.25) is 20.4 Å². The van der Waals surface area contributed by atoms with Gasteiger partial charge in [-0.2, -0.15) is 0 Å². The maximum atomic E-state index is 12.0. The lowest BCUT2D eigenvalue weighted by Gasteiger charge is -2.10. The van der Waals surface area contributed by atoms with E-state index in [0.717, 1.165) is 3.57 Å². The van der Waals surface area contributed by atoms with E-state index in [2.05, 4.69) is 10.9 Å². The van der Waals surface area contributed by atoms with Gasteiger partial charge < -0.3 is 9.47 Å². The molecule has 136 valence electrons. The zero-order valence-electron chi connectivity index (χ0n) is 14.0. The summed E-state index contributed by atoms with van der Waals surface area (Å²) < 4.78 is 11.0. The highest BCUT2D eigenvalue weighted by molar-refractivity contribution is 14.1. The van der Waals surface area contributed by atoms with Gasteiger partial charge in [0.05, 0.1) is 17.7 Å². The second-order valence-electron chi connectivity index (χ2n) is 5.02. The standard InChI is InChI=1S/C18H17IN2O5/c1-2-25-18(24)12-7-9-13(10-8-12)26-11-16(22)20-21-17(23)14-5-3-4-6-15(14)19/h3-10H,2,11H2,1H3,(H,20,22)(H,21,23). The second kappa shape index (κ2) is 9.76. The number of hydrazine groups is 1. The molecule has 0 saturated heterocycles. The topological polar surface area (TPSA) is 93.7 Å². The summed E-state index contributed by atoms with van der Waals surface area (Å²) in [6.45, 7) is 1.74. The van der Waals surface area contributed by atoms with E-state index in [1.807, 2.05) is 28.7 Å². The van der Waals surface area contributed by atoms with Gasteiger partial charge in [-0.15, -0.1) is 0 Å². The molecular formula is C18H17IN2O5. The Labute approximate surface area is 164 Å². The third-order valence-corrected chi connectivity index (χ3v) is 4.11. The van der Waals surface area contributed by atoms with Crippen LogP contribution in [0.3, 0.4) is 0 Å².